The fourth-order valence-electron chi connectivity index (χ4n) is 1.96. The quantitative estimate of drug-likeness (QED) is 0.855. The molecule has 0 amide bonds. The van der Waals surface area contributed by atoms with Crippen molar-refractivity contribution in [3.05, 3.63) is 41.9 Å². The Kier molecular flexibility index (Phi) is 4.52. The van der Waals surface area contributed by atoms with E-state index in [1.165, 1.54) is 11.1 Å². The summed E-state index contributed by atoms with van der Waals surface area (Å²) in [5, 5.41) is 7.51. The Labute approximate surface area is 114 Å². The van der Waals surface area contributed by atoms with Crippen molar-refractivity contribution in [3.63, 3.8) is 0 Å². The number of aryl methyl sites for hydroxylation is 1. The smallest absolute Gasteiger partial charge is 0.128 e. The first-order valence-electron chi connectivity index (χ1n) is 6.53. The Morgan fingerprint density at radius 1 is 1.37 bits per heavy atom. The highest BCUT2D eigenvalue weighted by Gasteiger charge is 2.05. The Morgan fingerprint density at radius 3 is 2.89 bits per heavy atom. The van der Waals surface area contributed by atoms with Crippen molar-refractivity contribution in [1.29, 1.82) is 0 Å². The Morgan fingerprint density at radius 2 is 2.21 bits per heavy atom. The van der Waals surface area contributed by atoms with Crippen LogP contribution in [0.5, 0.6) is 0 Å². The molecular weight excluding hydrogens is 238 g/mol. The van der Waals surface area contributed by atoms with Crippen LogP contribution in [0.15, 0.2) is 30.7 Å². The Hall–Kier alpha value is -1.88. The molecule has 0 aliphatic heterocycles. The van der Waals surface area contributed by atoms with Gasteiger partial charge >= 0.3 is 0 Å². The van der Waals surface area contributed by atoms with Gasteiger partial charge in [-0.3, -0.25) is 4.68 Å². The topological polar surface area (TPSA) is 46.0 Å². The molecule has 1 N–H and O–H groups in total. The number of anilines is 1. The van der Waals surface area contributed by atoms with Crippen molar-refractivity contribution in [3.8, 4) is 0 Å². The second-order valence-electron chi connectivity index (χ2n) is 4.68. The molecular formula is C14H21N5. The van der Waals surface area contributed by atoms with Crippen LogP contribution < -0.4 is 10.2 Å². The van der Waals surface area contributed by atoms with Crippen LogP contribution in [0.25, 0.3) is 0 Å². The maximum Gasteiger partial charge on any atom is 0.128 e. The number of rotatable bonds is 6. The van der Waals surface area contributed by atoms with Gasteiger partial charge in [0.1, 0.15) is 5.82 Å². The lowest BCUT2D eigenvalue weighted by Gasteiger charge is -2.18. The van der Waals surface area contributed by atoms with Gasteiger partial charge in [-0.1, -0.05) is 6.92 Å². The van der Waals surface area contributed by atoms with Crippen molar-refractivity contribution < 1.29 is 0 Å². The minimum atomic E-state index is 0.811. The molecule has 0 spiro atoms. The van der Waals surface area contributed by atoms with E-state index < -0.39 is 0 Å². The number of nitrogens with zero attached hydrogens (tertiary/aromatic N) is 4. The lowest BCUT2D eigenvalue weighted by Crippen LogP contribution is -2.18. The third-order valence-electron chi connectivity index (χ3n) is 2.96. The molecule has 2 rings (SSSR count). The van der Waals surface area contributed by atoms with E-state index in [1.807, 2.05) is 43.4 Å². The minimum Gasteiger partial charge on any atom is -0.355 e. The molecule has 2 aromatic heterocycles. The van der Waals surface area contributed by atoms with Gasteiger partial charge in [0.05, 0.1) is 6.20 Å². The molecule has 0 bridgehead atoms. The van der Waals surface area contributed by atoms with Crippen molar-refractivity contribution >= 4 is 5.82 Å². The van der Waals surface area contributed by atoms with Crippen LogP contribution >= 0.6 is 0 Å². The van der Waals surface area contributed by atoms with Crippen LogP contribution in [0.4, 0.5) is 5.82 Å². The van der Waals surface area contributed by atoms with Gasteiger partial charge in [0.25, 0.3) is 0 Å². The summed E-state index contributed by atoms with van der Waals surface area (Å²) in [6.07, 6.45) is 5.78. The predicted molar refractivity (Wildman–Crippen MR) is 76.9 cm³/mol. The third kappa shape index (κ3) is 3.79. The highest BCUT2D eigenvalue weighted by atomic mass is 15.2. The summed E-state index contributed by atoms with van der Waals surface area (Å²) < 4.78 is 1.82. The molecule has 0 saturated heterocycles. The number of hydrogen-bond donors (Lipinski definition) is 1. The monoisotopic (exact) mass is 259 g/mol. The minimum absolute atomic E-state index is 0.811. The second-order valence-corrected chi connectivity index (χ2v) is 4.68. The van der Waals surface area contributed by atoms with Crippen LogP contribution in [0.3, 0.4) is 0 Å². The molecule has 2 heterocycles. The summed E-state index contributed by atoms with van der Waals surface area (Å²) in [5.41, 5.74) is 2.44. The maximum absolute atomic E-state index is 4.42. The van der Waals surface area contributed by atoms with E-state index in [1.54, 1.807) is 0 Å². The van der Waals surface area contributed by atoms with Crippen LogP contribution in [0.2, 0.25) is 0 Å². The van der Waals surface area contributed by atoms with Gasteiger partial charge in [-0.2, -0.15) is 5.10 Å². The molecule has 5 nitrogen and oxygen atoms in total. The summed E-state index contributed by atoms with van der Waals surface area (Å²) in [6, 6.07) is 4.17. The van der Waals surface area contributed by atoms with Gasteiger partial charge in [0.2, 0.25) is 0 Å². The zero-order valence-electron chi connectivity index (χ0n) is 11.8. The lowest BCUT2D eigenvalue weighted by molar-refractivity contribution is 0.725. The maximum atomic E-state index is 4.42. The molecule has 2 aromatic rings. The summed E-state index contributed by atoms with van der Waals surface area (Å²) in [7, 11) is 3.98. The van der Waals surface area contributed by atoms with Gasteiger partial charge in [-0.05, 0) is 24.2 Å². The molecule has 0 unspecified atom stereocenters. The van der Waals surface area contributed by atoms with Gasteiger partial charge < -0.3 is 10.2 Å². The van der Waals surface area contributed by atoms with E-state index in [2.05, 4.69) is 33.3 Å². The van der Waals surface area contributed by atoms with E-state index in [0.29, 0.717) is 0 Å². The summed E-state index contributed by atoms with van der Waals surface area (Å²) in [5.74, 6) is 0.985. The standard InChI is InChI=1S/C14H21N5/c1-4-15-8-12-5-6-16-14(7-12)18(2)10-13-9-17-19(3)11-13/h5-7,9,11,15H,4,8,10H2,1-3H3. The molecule has 0 aromatic carbocycles. The summed E-state index contributed by atoms with van der Waals surface area (Å²) in [6.45, 7) is 4.78. The van der Waals surface area contributed by atoms with Crippen LogP contribution in [-0.2, 0) is 20.1 Å². The molecule has 0 atom stereocenters. The Bertz CT molecular complexity index is 520. The first kappa shape index (κ1) is 13.5. The molecule has 5 heteroatoms. The summed E-state index contributed by atoms with van der Waals surface area (Å²) >= 11 is 0. The highest BCUT2D eigenvalue weighted by Crippen LogP contribution is 2.13. The van der Waals surface area contributed by atoms with E-state index in [0.717, 1.165) is 25.5 Å². The van der Waals surface area contributed by atoms with Gasteiger partial charge in [-0.15, -0.1) is 0 Å². The molecule has 0 saturated carbocycles. The van der Waals surface area contributed by atoms with Crippen LogP contribution in [-0.4, -0.2) is 28.4 Å². The molecule has 0 aliphatic rings. The molecule has 0 radical (unpaired) electrons. The molecule has 19 heavy (non-hydrogen) atoms. The average molecular weight is 259 g/mol. The number of hydrogen-bond acceptors (Lipinski definition) is 4. The fraction of sp³-hybridized carbons (Fsp3) is 0.429. The van der Waals surface area contributed by atoms with Crippen LogP contribution in [0.1, 0.15) is 18.1 Å². The molecule has 102 valence electrons. The number of nitrogens with one attached hydrogen (secondary N) is 1. The van der Waals surface area contributed by atoms with Gasteiger partial charge in [-0.25, -0.2) is 4.98 Å². The summed E-state index contributed by atoms with van der Waals surface area (Å²) in [4.78, 5) is 6.55. The highest BCUT2D eigenvalue weighted by molar-refractivity contribution is 5.40. The molecule has 0 fully saturated rings. The van der Waals surface area contributed by atoms with E-state index >= 15 is 0 Å². The first-order valence-corrected chi connectivity index (χ1v) is 6.53. The largest absolute Gasteiger partial charge is 0.355 e. The van der Waals surface area contributed by atoms with E-state index in [-0.39, 0.29) is 0 Å². The SMILES string of the molecule is CCNCc1ccnc(N(C)Cc2cnn(C)c2)c1. The lowest BCUT2D eigenvalue weighted by atomic mass is 10.2. The van der Waals surface area contributed by atoms with Crippen molar-refractivity contribution in [2.75, 3.05) is 18.5 Å². The zero-order chi connectivity index (χ0) is 13.7. The normalized spacial score (nSPS) is 10.7. The number of aromatic nitrogens is 3. The van der Waals surface area contributed by atoms with Gasteiger partial charge in [0.15, 0.2) is 0 Å². The fourth-order valence-corrected chi connectivity index (χ4v) is 1.96. The van der Waals surface area contributed by atoms with Crippen molar-refractivity contribution in [2.24, 2.45) is 7.05 Å². The second kappa shape index (κ2) is 6.33. The van der Waals surface area contributed by atoms with Crippen molar-refractivity contribution in [1.82, 2.24) is 20.1 Å². The van der Waals surface area contributed by atoms with Crippen molar-refractivity contribution in [2.45, 2.75) is 20.0 Å². The van der Waals surface area contributed by atoms with Crippen LogP contribution in [0, 0.1) is 0 Å². The number of pyridine rings is 1. The van der Waals surface area contributed by atoms with E-state index in [9.17, 15) is 0 Å². The Balaban J connectivity index is 2.03. The first-order chi connectivity index (χ1) is 9.19. The predicted octanol–water partition coefficient (Wildman–Crippen LogP) is 1.56. The van der Waals surface area contributed by atoms with Gasteiger partial charge in [0, 0.05) is 45.1 Å². The third-order valence-corrected chi connectivity index (χ3v) is 2.96. The van der Waals surface area contributed by atoms with E-state index in [4.69, 9.17) is 0 Å². The average Bonchev–Trinajstić information content (AvgIpc) is 2.82. The molecule has 0 aliphatic carbocycles. The zero-order valence-corrected chi connectivity index (χ0v) is 11.8.